The first-order valence-corrected chi connectivity index (χ1v) is 13.3. The first kappa shape index (κ1) is 24.6. The first-order chi connectivity index (χ1) is 17.7. The number of para-hydroxylation sites is 2. The second-order valence-electron chi connectivity index (χ2n) is 9.00. The number of nitrogens with zero attached hydrogens (tertiary/aromatic N) is 3. The molecule has 2 N–H and O–H groups in total. The molecule has 37 heavy (non-hydrogen) atoms. The Labute approximate surface area is 213 Å². The Morgan fingerprint density at radius 2 is 1.76 bits per heavy atom. The van der Waals surface area contributed by atoms with Gasteiger partial charge in [-0.3, -0.25) is 14.9 Å². The molecule has 0 aliphatic carbocycles. The largest absolute Gasteiger partial charge is 0.342 e. The van der Waals surface area contributed by atoms with Crippen LogP contribution in [0.25, 0.3) is 11.0 Å². The van der Waals surface area contributed by atoms with Gasteiger partial charge in [-0.25, -0.2) is 13.4 Å². The van der Waals surface area contributed by atoms with Crippen LogP contribution in [0.4, 0.5) is 11.4 Å². The highest BCUT2D eigenvalue weighted by Crippen LogP contribution is 2.31. The van der Waals surface area contributed by atoms with Crippen molar-refractivity contribution in [1.82, 2.24) is 14.3 Å². The molecule has 0 unspecified atom stereocenters. The molecule has 4 aromatic rings. The molecule has 0 radical (unpaired) electrons. The van der Waals surface area contributed by atoms with Gasteiger partial charge in [-0.1, -0.05) is 18.2 Å². The Bertz CT molecular complexity index is 1560. The van der Waals surface area contributed by atoms with E-state index in [1.165, 1.54) is 53.7 Å². The fourth-order valence-corrected chi connectivity index (χ4v) is 6.13. The van der Waals surface area contributed by atoms with E-state index in [1.54, 1.807) is 0 Å². The lowest BCUT2D eigenvalue weighted by Gasteiger charge is -2.30. The number of imidazole rings is 1. The van der Waals surface area contributed by atoms with Crippen LogP contribution in [0.3, 0.4) is 0 Å². The monoisotopic (exact) mass is 519 g/mol. The SMILES string of the molecule is Cc1c(C(=O)Nc2ccc(S(=O)(=O)N3CCC(c4nc5ccccc5[nH]4)CC3)cc2)cccc1[N+](=O)[O-]. The van der Waals surface area contributed by atoms with Crippen molar-refractivity contribution in [2.45, 2.75) is 30.6 Å². The van der Waals surface area contributed by atoms with Crippen molar-refractivity contribution in [2.75, 3.05) is 18.4 Å². The smallest absolute Gasteiger partial charge is 0.273 e. The maximum Gasteiger partial charge on any atom is 0.273 e. The molecule has 1 amide bonds. The Balaban J connectivity index is 1.24. The van der Waals surface area contributed by atoms with Crippen LogP contribution in [0.1, 0.15) is 40.5 Å². The van der Waals surface area contributed by atoms with Crippen molar-refractivity contribution < 1.29 is 18.1 Å². The summed E-state index contributed by atoms with van der Waals surface area (Å²) in [6.45, 7) is 2.28. The molecule has 1 saturated heterocycles. The molecule has 1 aromatic heterocycles. The quantitative estimate of drug-likeness (QED) is 0.282. The number of aromatic amines is 1. The first-order valence-electron chi connectivity index (χ1n) is 11.8. The molecular weight excluding hydrogens is 494 g/mol. The average Bonchev–Trinajstić information content (AvgIpc) is 3.33. The lowest BCUT2D eigenvalue weighted by molar-refractivity contribution is -0.385. The number of carbonyl (C=O) groups is 1. The van der Waals surface area contributed by atoms with Gasteiger partial charge in [0.15, 0.2) is 0 Å². The van der Waals surface area contributed by atoms with Crippen molar-refractivity contribution in [1.29, 1.82) is 0 Å². The number of nitro benzene ring substituents is 1. The summed E-state index contributed by atoms with van der Waals surface area (Å²) in [5, 5.41) is 13.8. The molecule has 190 valence electrons. The summed E-state index contributed by atoms with van der Waals surface area (Å²) in [7, 11) is -3.70. The van der Waals surface area contributed by atoms with Gasteiger partial charge in [0, 0.05) is 41.9 Å². The summed E-state index contributed by atoms with van der Waals surface area (Å²) >= 11 is 0. The lowest BCUT2D eigenvalue weighted by Crippen LogP contribution is -2.38. The van der Waals surface area contributed by atoms with Gasteiger partial charge in [-0.05, 0) is 62.2 Å². The maximum atomic E-state index is 13.2. The number of carbonyl (C=O) groups excluding carboxylic acids is 1. The summed E-state index contributed by atoms with van der Waals surface area (Å²) in [6.07, 6.45) is 1.32. The van der Waals surface area contributed by atoms with Gasteiger partial charge >= 0.3 is 0 Å². The lowest BCUT2D eigenvalue weighted by atomic mass is 9.97. The summed E-state index contributed by atoms with van der Waals surface area (Å²) in [5.74, 6) is 0.537. The van der Waals surface area contributed by atoms with Gasteiger partial charge in [0.05, 0.1) is 20.9 Å². The van der Waals surface area contributed by atoms with E-state index in [2.05, 4.69) is 15.3 Å². The highest BCUT2D eigenvalue weighted by Gasteiger charge is 2.31. The topological polar surface area (TPSA) is 138 Å². The molecule has 10 nitrogen and oxygen atoms in total. The van der Waals surface area contributed by atoms with Crippen LogP contribution in [0, 0.1) is 17.0 Å². The summed E-state index contributed by atoms with van der Waals surface area (Å²) in [4.78, 5) is 31.4. The van der Waals surface area contributed by atoms with E-state index < -0.39 is 20.9 Å². The summed E-state index contributed by atoms with van der Waals surface area (Å²) < 4.78 is 27.9. The number of nitrogens with one attached hydrogen (secondary N) is 2. The molecule has 11 heteroatoms. The number of amides is 1. The molecule has 5 rings (SSSR count). The van der Waals surface area contributed by atoms with Crippen LogP contribution in [0.2, 0.25) is 0 Å². The normalized spacial score (nSPS) is 15.1. The third-order valence-electron chi connectivity index (χ3n) is 6.74. The second-order valence-corrected chi connectivity index (χ2v) is 10.9. The summed E-state index contributed by atoms with van der Waals surface area (Å²) in [6, 6.07) is 18.0. The number of rotatable bonds is 6. The molecule has 1 aliphatic heterocycles. The van der Waals surface area contributed by atoms with Crippen molar-refractivity contribution in [3.05, 3.63) is 93.8 Å². The number of benzene rings is 3. The summed E-state index contributed by atoms with van der Waals surface area (Å²) in [5.41, 5.74) is 2.56. The van der Waals surface area contributed by atoms with Crippen molar-refractivity contribution in [3.63, 3.8) is 0 Å². The zero-order valence-electron chi connectivity index (χ0n) is 20.0. The van der Waals surface area contributed by atoms with E-state index in [1.807, 2.05) is 24.3 Å². The number of H-pyrrole nitrogens is 1. The molecule has 0 saturated carbocycles. The van der Waals surface area contributed by atoms with Crippen molar-refractivity contribution in [2.24, 2.45) is 0 Å². The van der Waals surface area contributed by atoms with E-state index in [9.17, 15) is 23.3 Å². The van der Waals surface area contributed by atoms with E-state index >= 15 is 0 Å². The minimum Gasteiger partial charge on any atom is -0.342 e. The van der Waals surface area contributed by atoms with Crippen LogP contribution < -0.4 is 5.32 Å². The average molecular weight is 520 g/mol. The molecule has 3 aromatic carbocycles. The Kier molecular flexibility index (Phi) is 6.48. The van der Waals surface area contributed by atoms with Crippen molar-refractivity contribution in [3.8, 4) is 0 Å². The number of aromatic nitrogens is 2. The maximum absolute atomic E-state index is 13.2. The Morgan fingerprint density at radius 3 is 2.43 bits per heavy atom. The third kappa shape index (κ3) is 4.83. The number of piperidine rings is 1. The zero-order chi connectivity index (χ0) is 26.2. The number of fused-ring (bicyclic) bond motifs is 1. The van der Waals surface area contributed by atoms with Crippen LogP contribution >= 0.6 is 0 Å². The molecule has 2 heterocycles. The number of sulfonamides is 1. The van der Waals surface area contributed by atoms with Gasteiger partial charge in [0.2, 0.25) is 10.0 Å². The van der Waals surface area contributed by atoms with Gasteiger partial charge < -0.3 is 10.3 Å². The molecule has 0 spiro atoms. The Morgan fingerprint density at radius 1 is 1.05 bits per heavy atom. The van der Waals surface area contributed by atoms with Gasteiger partial charge in [0.1, 0.15) is 5.82 Å². The highest BCUT2D eigenvalue weighted by molar-refractivity contribution is 7.89. The molecule has 1 fully saturated rings. The number of hydrogen-bond donors (Lipinski definition) is 2. The standard InChI is InChI=1S/C26H25N5O5S/c1-17-21(5-4-8-24(17)31(33)34)26(32)27-19-9-11-20(12-10-19)37(35,36)30-15-13-18(14-16-30)25-28-22-6-2-3-7-23(22)29-25/h2-12,18H,13-16H2,1H3,(H,27,32)(H,28,29). The molecule has 0 atom stereocenters. The van der Waals surface area contributed by atoms with Crippen LogP contribution in [0.5, 0.6) is 0 Å². The predicted octanol–water partition coefficient (Wildman–Crippen LogP) is 4.60. The van der Waals surface area contributed by atoms with Crippen LogP contribution in [0.15, 0.2) is 71.6 Å². The Hall–Kier alpha value is -4.09. The third-order valence-corrected chi connectivity index (χ3v) is 8.66. The minimum atomic E-state index is -3.70. The highest BCUT2D eigenvalue weighted by atomic mass is 32.2. The van der Waals surface area contributed by atoms with Crippen LogP contribution in [-0.4, -0.2) is 46.6 Å². The minimum absolute atomic E-state index is 0.138. The van der Waals surface area contributed by atoms with Gasteiger partial charge in [-0.15, -0.1) is 0 Å². The van der Waals surface area contributed by atoms with E-state index in [4.69, 9.17) is 0 Å². The van der Waals surface area contributed by atoms with E-state index in [0.29, 0.717) is 31.6 Å². The number of anilines is 1. The van der Waals surface area contributed by atoms with Crippen molar-refractivity contribution >= 4 is 38.3 Å². The van der Waals surface area contributed by atoms with E-state index in [0.717, 1.165) is 16.9 Å². The molecular formula is C26H25N5O5S. The van der Waals surface area contributed by atoms with E-state index in [-0.39, 0.29) is 27.6 Å². The zero-order valence-corrected chi connectivity index (χ0v) is 20.9. The fraction of sp³-hybridized carbons (Fsp3) is 0.231. The number of nitro groups is 1. The molecule has 1 aliphatic rings. The second kappa shape index (κ2) is 9.75. The van der Waals surface area contributed by atoms with Gasteiger partial charge in [0.25, 0.3) is 11.6 Å². The van der Waals surface area contributed by atoms with Gasteiger partial charge in [-0.2, -0.15) is 4.31 Å². The van der Waals surface area contributed by atoms with Crippen LogP contribution in [-0.2, 0) is 10.0 Å². The molecule has 0 bridgehead atoms. The fourth-order valence-electron chi connectivity index (χ4n) is 4.66. The number of hydrogen-bond acceptors (Lipinski definition) is 6. The predicted molar refractivity (Wildman–Crippen MR) is 139 cm³/mol.